The Morgan fingerprint density at radius 1 is 1.11 bits per heavy atom. The molecule has 0 aliphatic carbocycles. The molecule has 0 saturated carbocycles. The minimum atomic E-state index is 0.933. The molecule has 0 saturated heterocycles. The van der Waals surface area contributed by atoms with Gasteiger partial charge in [-0.1, -0.05) is 33.3 Å². The molecule has 3 aromatic rings. The first-order valence-electron chi connectivity index (χ1n) is 6.02. The van der Waals surface area contributed by atoms with Gasteiger partial charge in [-0.05, 0) is 55.3 Å². The summed E-state index contributed by atoms with van der Waals surface area (Å²) in [5.74, 6) is 0. The lowest BCUT2D eigenvalue weighted by molar-refractivity contribution is 1.39. The van der Waals surface area contributed by atoms with Gasteiger partial charge in [-0.3, -0.25) is 0 Å². The zero-order chi connectivity index (χ0) is 13.4. The van der Waals surface area contributed by atoms with Crippen molar-refractivity contribution in [3.05, 3.63) is 52.0 Å². The number of anilines is 2. The molecule has 0 fully saturated rings. The number of hydrogen-bond donors (Lipinski definition) is 1. The number of nitrogens with one attached hydrogen (secondary N) is 1. The number of aromatic nitrogens is 1. The highest BCUT2D eigenvalue weighted by atomic mass is 79.9. The number of aryl methyl sites for hydroxylation is 2. The lowest BCUT2D eigenvalue weighted by Crippen LogP contribution is -1.89. The molecule has 3 rings (SSSR count). The smallest absolute Gasteiger partial charge is 0.188 e. The first kappa shape index (κ1) is 12.6. The van der Waals surface area contributed by atoms with Crippen LogP contribution in [0.4, 0.5) is 10.8 Å². The summed E-state index contributed by atoms with van der Waals surface area (Å²) in [4.78, 5) is 4.60. The van der Waals surface area contributed by atoms with E-state index in [0.29, 0.717) is 0 Å². The van der Waals surface area contributed by atoms with Crippen LogP contribution in [-0.4, -0.2) is 4.98 Å². The molecule has 1 aromatic heterocycles. The van der Waals surface area contributed by atoms with Gasteiger partial charge in [-0.2, -0.15) is 0 Å². The van der Waals surface area contributed by atoms with E-state index in [1.165, 1.54) is 15.8 Å². The van der Waals surface area contributed by atoms with Crippen LogP contribution in [0.5, 0.6) is 0 Å². The normalized spacial score (nSPS) is 10.9. The van der Waals surface area contributed by atoms with Crippen LogP contribution in [0, 0.1) is 13.8 Å². The molecule has 2 aromatic carbocycles. The number of halogens is 1. The number of thiazole rings is 1. The van der Waals surface area contributed by atoms with Gasteiger partial charge in [0, 0.05) is 10.2 Å². The van der Waals surface area contributed by atoms with Crippen molar-refractivity contribution in [2.24, 2.45) is 0 Å². The van der Waals surface area contributed by atoms with Gasteiger partial charge in [0.05, 0.1) is 10.2 Å². The summed E-state index contributed by atoms with van der Waals surface area (Å²) in [6.45, 7) is 4.18. The van der Waals surface area contributed by atoms with Crippen LogP contribution in [0.25, 0.3) is 10.2 Å². The molecule has 0 bridgehead atoms. The Kier molecular flexibility index (Phi) is 3.29. The fourth-order valence-electron chi connectivity index (χ4n) is 1.93. The van der Waals surface area contributed by atoms with E-state index in [0.717, 1.165) is 20.8 Å². The summed E-state index contributed by atoms with van der Waals surface area (Å²) in [5, 5.41) is 4.30. The largest absolute Gasteiger partial charge is 0.332 e. The standard InChI is InChI=1S/C15H13BrN2S/c1-9-3-6-13-14(7-9)19-15(18-13)17-11-4-5-12(16)10(2)8-11/h3-8H,1-2H3,(H,17,18). The third-order valence-corrected chi connectivity index (χ3v) is 4.78. The Hall–Kier alpha value is -1.39. The molecule has 1 heterocycles. The number of hydrogen-bond acceptors (Lipinski definition) is 3. The second-order valence-corrected chi connectivity index (χ2v) is 6.46. The lowest BCUT2D eigenvalue weighted by Gasteiger charge is -2.04. The van der Waals surface area contributed by atoms with Gasteiger partial charge >= 0.3 is 0 Å². The first-order chi connectivity index (χ1) is 9.11. The van der Waals surface area contributed by atoms with E-state index in [1.807, 2.05) is 0 Å². The number of fused-ring (bicyclic) bond motifs is 1. The predicted molar refractivity (Wildman–Crippen MR) is 86.5 cm³/mol. The maximum absolute atomic E-state index is 4.60. The van der Waals surface area contributed by atoms with Crippen molar-refractivity contribution in [1.82, 2.24) is 4.98 Å². The van der Waals surface area contributed by atoms with E-state index in [4.69, 9.17) is 0 Å². The fourth-order valence-corrected chi connectivity index (χ4v) is 3.16. The van der Waals surface area contributed by atoms with Crippen molar-refractivity contribution in [3.8, 4) is 0 Å². The third kappa shape index (κ3) is 2.65. The van der Waals surface area contributed by atoms with Crippen molar-refractivity contribution in [2.75, 3.05) is 5.32 Å². The SMILES string of the molecule is Cc1ccc2nc(Nc3ccc(Br)c(C)c3)sc2c1. The average Bonchev–Trinajstić information content (AvgIpc) is 2.75. The summed E-state index contributed by atoms with van der Waals surface area (Å²) in [5.41, 5.74) is 4.59. The summed E-state index contributed by atoms with van der Waals surface area (Å²) >= 11 is 5.19. The zero-order valence-corrected chi connectivity index (χ0v) is 13.1. The van der Waals surface area contributed by atoms with E-state index in [1.54, 1.807) is 11.3 Å². The van der Waals surface area contributed by atoms with Gasteiger partial charge < -0.3 is 5.32 Å². The Balaban J connectivity index is 1.94. The molecule has 0 unspecified atom stereocenters. The zero-order valence-electron chi connectivity index (χ0n) is 10.7. The molecule has 96 valence electrons. The van der Waals surface area contributed by atoms with Crippen molar-refractivity contribution in [3.63, 3.8) is 0 Å². The van der Waals surface area contributed by atoms with Gasteiger partial charge in [-0.15, -0.1) is 0 Å². The molecule has 0 aliphatic rings. The Bertz CT molecular complexity index is 749. The molecule has 0 radical (unpaired) electrons. The van der Waals surface area contributed by atoms with Crippen molar-refractivity contribution >= 4 is 48.3 Å². The quantitative estimate of drug-likeness (QED) is 0.677. The molecule has 4 heteroatoms. The molecule has 2 nitrogen and oxygen atoms in total. The molecular weight excluding hydrogens is 320 g/mol. The van der Waals surface area contributed by atoms with Crippen LogP contribution in [-0.2, 0) is 0 Å². The van der Waals surface area contributed by atoms with E-state index >= 15 is 0 Å². The first-order valence-corrected chi connectivity index (χ1v) is 7.63. The van der Waals surface area contributed by atoms with Crippen LogP contribution >= 0.6 is 27.3 Å². The summed E-state index contributed by atoms with van der Waals surface area (Å²) in [6.07, 6.45) is 0. The van der Waals surface area contributed by atoms with Gasteiger partial charge in [-0.25, -0.2) is 4.98 Å². The Labute approximate surface area is 124 Å². The van der Waals surface area contributed by atoms with Gasteiger partial charge in [0.25, 0.3) is 0 Å². The predicted octanol–water partition coefficient (Wildman–Crippen LogP) is 5.42. The molecule has 19 heavy (non-hydrogen) atoms. The highest BCUT2D eigenvalue weighted by Crippen LogP contribution is 2.30. The lowest BCUT2D eigenvalue weighted by atomic mass is 10.2. The Morgan fingerprint density at radius 2 is 1.95 bits per heavy atom. The maximum Gasteiger partial charge on any atom is 0.188 e. The minimum absolute atomic E-state index is 0.933. The molecule has 1 N–H and O–H groups in total. The molecule has 0 amide bonds. The van der Waals surface area contributed by atoms with E-state index < -0.39 is 0 Å². The van der Waals surface area contributed by atoms with Crippen LogP contribution < -0.4 is 5.32 Å². The summed E-state index contributed by atoms with van der Waals surface area (Å²) < 4.78 is 2.34. The summed E-state index contributed by atoms with van der Waals surface area (Å²) in [7, 11) is 0. The minimum Gasteiger partial charge on any atom is -0.332 e. The van der Waals surface area contributed by atoms with Crippen LogP contribution in [0.2, 0.25) is 0 Å². The monoisotopic (exact) mass is 332 g/mol. The molecule has 0 aliphatic heterocycles. The number of benzene rings is 2. The third-order valence-electron chi connectivity index (χ3n) is 2.95. The highest BCUT2D eigenvalue weighted by molar-refractivity contribution is 9.10. The van der Waals surface area contributed by atoms with Gasteiger partial charge in [0.1, 0.15) is 0 Å². The van der Waals surface area contributed by atoms with E-state index in [9.17, 15) is 0 Å². The second-order valence-electron chi connectivity index (χ2n) is 4.58. The second kappa shape index (κ2) is 4.94. The molecule has 0 spiro atoms. The highest BCUT2D eigenvalue weighted by Gasteiger charge is 2.05. The topological polar surface area (TPSA) is 24.9 Å². The van der Waals surface area contributed by atoms with Crippen molar-refractivity contribution < 1.29 is 0 Å². The maximum atomic E-state index is 4.60. The Morgan fingerprint density at radius 3 is 2.74 bits per heavy atom. The average molecular weight is 333 g/mol. The van der Waals surface area contributed by atoms with Gasteiger partial charge in [0.2, 0.25) is 0 Å². The molecular formula is C15H13BrN2S. The van der Waals surface area contributed by atoms with Gasteiger partial charge in [0.15, 0.2) is 5.13 Å². The van der Waals surface area contributed by atoms with Crippen LogP contribution in [0.3, 0.4) is 0 Å². The van der Waals surface area contributed by atoms with E-state index in [-0.39, 0.29) is 0 Å². The van der Waals surface area contributed by atoms with Crippen molar-refractivity contribution in [2.45, 2.75) is 13.8 Å². The van der Waals surface area contributed by atoms with E-state index in [2.05, 4.69) is 76.5 Å². The van der Waals surface area contributed by atoms with Crippen molar-refractivity contribution in [1.29, 1.82) is 0 Å². The summed E-state index contributed by atoms with van der Waals surface area (Å²) in [6, 6.07) is 12.5. The van der Waals surface area contributed by atoms with Crippen LogP contribution in [0.15, 0.2) is 40.9 Å². The molecule has 0 atom stereocenters. The number of nitrogens with zero attached hydrogens (tertiary/aromatic N) is 1. The number of rotatable bonds is 2. The van der Waals surface area contributed by atoms with Crippen LogP contribution in [0.1, 0.15) is 11.1 Å². The fraction of sp³-hybridized carbons (Fsp3) is 0.133.